The number of nitrogens with one attached hydrogen (secondary N) is 1. The fourth-order valence-electron chi connectivity index (χ4n) is 7.12. The van der Waals surface area contributed by atoms with Gasteiger partial charge in [0.1, 0.15) is 11.6 Å². The molecule has 2 aliphatic heterocycles. The van der Waals surface area contributed by atoms with Crippen LogP contribution in [0.4, 0.5) is 11.4 Å². The number of methoxy groups -OCH3 is 1. The number of anilines is 1. The van der Waals surface area contributed by atoms with Gasteiger partial charge in [-0.25, -0.2) is 4.99 Å². The van der Waals surface area contributed by atoms with Crippen molar-refractivity contribution >= 4 is 23.6 Å². The van der Waals surface area contributed by atoms with E-state index in [-0.39, 0.29) is 11.6 Å². The monoisotopic (exact) mass is 590 g/mol. The summed E-state index contributed by atoms with van der Waals surface area (Å²) in [5.41, 5.74) is 4.59. The van der Waals surface area contributed by atoms with Crippen LogP contribution in [0.5, 0.6) is 5.75 Å². The second-order valence-corrected chi connectivity index (χ2v) is 12.7. The second-order valence-electron chi connectivity index (χ2n) is 12.7. The Bertz CT molecular complexity index is 1230. The van der Waals surface area contributed by atoms with E-state index in [2.05, 4.69) is 98.2 Å². The van der Waals surface area contributed by atoms with Crippen LogP contribution >= 0.6 is 0 Å². The number of hydrogen-bond donors (Lipinski definition) is 1. The van der Waals surface area contributed by atoms with Crippen LogP contribution in [0.15, 0.2) is 47.5 Å². The van der Waals surface area contributed by atoms with Crippen molar-refractivity contribution in [1.29, 1.82) is 0 Å². The van der Waals surface area contributed by atoms with E-state index in [0.717, 1.165) is 81.1 Å². The Morgan fingerprint density at radius 2 is 1.81 bits per heavy atom. The molecule has 43 heavy (non-hydrogen) atoms. The van der Waals surface area contributed by atoms with Crippen molar-refractivity contribution in [1.82, 2.24) is 20.0 Å². The van der Waals surface area contributed by atoms with Crippen LogP contribution in [-0.2, 0) is 10.3 Å². The molecule has 4 rings (SSSR count). The average Bonchev–Trinajstić information content (AvgIpc) is 3.00. The highest BCUT2D eigenvalue weighted by molar-refractivity contribution is 5.96. The molecular weight excluding hydrogens is 536 g/mol. The third-order valence-electron chi connectivity index (χ3n) is 9.48. The Morgan fingerprint density at radius 1 is 1.12 bits per heavy atom. The van der Waals surface area contributed by atoms with Gasteiger partial charge in [0, 0.05) is 56.0 Å². The Morgan fingerprint density at radius 3 is 2.37 bits per heavy atom. The molecule has 0 bridgehead atoms. The standard InChI is InChI=1S/C35H54N6O2/c1-9-12-33(41-23-27(4)36-28(5)24-41)34(39(10-2)25-42)37-32-16-15-30(21-26(32)3)40-19-17-35(18-20-40,38(6)7)29-13-11-14-31(22-29)43-8/h11,13-16,21-22,25,27-28,33,36H,9-10,12,17-20,23-24H2,1-8H3. The maximum atomic E-state index is 12.3. The van der Waals surface area contributed by atoms with Crippen LogP contribution in [-0.4, -0.2) is 99.0 Å². The summed E-state index contributed by atoms with van der Waals surface area (Å²) in [4.78, 5) is 26.7. The van der Waals surface area contributed by atoms with Crippen LogP contribution in [0.1, 0.15) is 64.5 Å². The fourth-order valence-corrected chi connectivity index (χ4v) is 7.12. The van der Waals surface area contributed by atoms with Gasteiger partial charge in [-0.2, -0.15) is 0 Å². The molecule has 0 radical (unpaired) electrons. The smallest absolute Gasteiger partial charge is 0.215 e. The molecule has 2 heterocycles. The van der Waals surface area contributed by atoms with E-state index in [0.29, 0.717) is 18.6 Å². The topological polar surface area (TPSA) is 63.7 Å². The van der Waals surface area contributed by atoms with Gasteiger partial charge in [-0.15, -0.1) is 0 Å². The van der Waals surface area contributed by atoms with Crippen molar-refractivity contribution in [3.8, 4) is 5.75 Å². The predicted octanol–water partition coefficient (Wildman–Crippen LogP) is 5.42. The lowest BCUT2D eigenvalue weighted by atomic mass is 9.79. The molecule has 3 unspecified atom stereocenters. The fraction of sp³-hybridized carbons (Fsp3) is 0.600. The van der Waals surface area contributed by atoms with E-state index in [1.807, 2.05) is 13.0 Å². The first-order valence-corrected chi connectivity index (χ1v) is 16.1. The third kappa shape index (κ3) is 7.41. The van der Waals surface area contributed by atoms with Gasteiger partial charge in [-0.1, -0.05) is 25.5 Å². The van der Waals surface area contributed by atoms with Crippen molar-refractivity contribution in [3.05, 3.63) is 53.6 Å². The number of aryl methyl sites for hydroxylation is 1. The molecule has 236 valence electrons. The number of carbonyl (C=O) groups excluding carboxylic acids is 1. The zero-order valence-electron chi connectivity index (χ0n) is 27.8. The summed E-state index contributed by atoms with van der Waals surface area (Å²) in [5, 5.41) is 3.65. The molecule has 0 aliphatic carbocycles. The quantitative estimate of drug-likeness (QED) is 0.214. The van der Waals surface area contributed by atoms with E-state index >= 15 is 0 Å². The van der Waals surface area contributed by atoms with Crippen LogP contribution in [0, 0.1) is 6.92 Å². The number of rotatable bonds is 11. The zero-order chi connectivity index (χ0) is 31.1. The predicted molar refractivity (Wildman–Crippen MR) is 179 cm³/mol. The van der Waals surface area contributed by atoms with Gasteiger partial charge >= 0.3 is 0 Å². The lowest BCUT2D eigenvalue weighted by molar-refractivity contribution is -0.114. The molecule has 2 fully saturated rings. The molecule has 2 saturated heterocycles. The maximum Gasteiger partial charge on any atom is 0.215 e. The number of benzene rings is 2. The number of carbonyl (C=O) groups is 1. The molecule has 1 N–H and O–H groups in total. The molecule has 8 heteroatoms. The van der Waals surface area contributed by atoms with Crippen LogP contribution < -0.4 is 15.0 Å². The van der Waals surface area contributed by atoms with E-state index in [9.17, 15) is 4.79 Å². The van der Waals surface area contributed by atoms with Gasteiger partial charge in [0.2, 0.25) is 6.41 Å². The summed E-state index contributed by atoms with van der Waals surface area (Å²) < 4.78 is 5.55. The highest BCUT2D eigenvalue weighted by atomic mass is 16.5. The van der Waals surface area contributed by atoms with Crippen molar-refractivity contribution < 1.29 is 9.53 Å². The molecule has 1 amide bonds. The van der Waals surface area contributed by atoms with Gasteiger partial charge in [0.25, 0.3) is 0 Å². The number of likely N-dealkylation sites (N-methyl/N-ethyl adjacent to an activating group) is 1. The normalized spacial score (nSPS) is 22.0. The molecule has 3 atom stereocenters. The van der Waals surface area contributed by atoms with Crippen LogP contribution in [0.25, 0.3) is 0 Å². The van der Waals surface area contributed by atoms with Crippen LogP contribution in [0.3, 0.4) is 0 Å². The van der Waals surface area contributed by atoms with E-state index in [1.54, 1.807) is 12.0 Å². The summed E-state index contributed by atoms with van der Waals surface area (Å²) in [7, 11) is 6.12. The number of hydrogen-bond acceptors (Lipinski definition) is 7. The first-order valence-electron chi connectivity index (χ1n) is 16.1. The molecule has 2 aliphatic rings. The van der Waals surface area contributed by atoms with Crippen molar-refractivity contribution in [2.75, 3.05) is 58.8 Å². The number of piperazine rings is 1. The van der Waals surface area contributed by atoms with Crippen molar-refractivity contribution in [2.45, 2.75) is 84.0 Å². The summed E-state index contributed by atoms with van der Waals surface area (Å²) in [6, 6.07) is 16.1. The summed E-state index contributed by atoms with van der Waals surface area (Å²) in [6.07, 6.45) is 5.01. The minimum absolute atomic E-state index is 0.0229. The zero-order valence-corrected chi connectivity index (χ0v) is 27.8. The number of amides is 1. The van der Waals surface area contributed by atoms with Gasteiger partial charge in [-0.3, -0.25) is 14.6 Å². The Kier molecular flexibility index (Phi) is 11.3. The minimum Gasteiger partial charge on any atom is -0.497 e. The second kappa shape index (κ2) is 14.7. The lowest BCUT2D eigenvalue weighted by Crippen LogP contribution is -2.60. The first kappa shape index (κ1) is 33.0. The number of piperidine rings is 1. The Hall–Kier alpha value is -2.94. The number of ether oxygens (including phenoxy) is 1. The first-order chi connectivity index (χ1) is 20.6. The largest absolute Gasteiger partial charge is 0.497 e. The minimum atomic E-state index is -0.0229. The Labute approximate surface area is 260 Å². The van der Waals surface area contributed by atoms with E-state index < -0.39 is 0 Å². The molecule has 0 spiro atoms. The molecule has 2 aromatic carbocycles. The van der Waals surface area contributed by atoms with Gasteiger partial charge in [-0.05, 0) is 103 Å². The SMILES string of the molecule is CCCC(C(=Nc1ccc(N2CCC(c3cccc(OC)c3)(N(C)C)CC2)cc1C)N(C=O)CC)N1CC(C)NC(C)C1. The van der Waals surface area contributed by atoms with Crippen LogP contribution in [0.2, 0.25) is 0 Å². The molecular formula is C35H54N6O2. The number of nitrogens with zero attached hydrogens (tertiary/aromatic N) is 5. The van der Waals surface area contributed by atoms with Crippen molar-refractivity contribution in [3.63, 3.8) is 0 Å². The third-order valence-corrected chi connectivity index (χ3v) is 9.48. The lowest BCUT2D eigenvalue weighted by Gasteiger charge is -2.47. The summed E-state index contributed by atoms with van der Waals surface area (Å²) in [5.74, 6) is 1.77. The molecule has 0 saturated carbocycles. The average molecular weight is 591 g/mol. The Balaban J connectivity index is 1.59. The number of aliphatic imine (C=N–C) groups is 1. The summed E-state index contributed by atoms with van der Waals surface area (Å²) >= 11 is 0. The van der Waals surface area contributed by atoms with Gasteiger partial charge in [0.15, 0.2) is 0 Å². The summed E-state index contributed by atoms with van der Waals surface area (Å²) in [6.45, 7) is 15.3. The van der Waals surface area contributed by atoms with Gasteiger partial charge in [0.05, 0.1) is 18.8 Å². The maximum absolute atomic E-state index is 12.3. The van der Waals surface area contributed by atoms with E-state index in [1.165, 1.54) is 11.3 Å². The number of amidine groups is 1. The highest BCUT2D eigenvalue weighted by Gasteiger charge is 2.39. The molecule has 2 aromatic rings. The van der Waals surface area contributed by atoms with Crippen molar-refractivity contribution in [2.24, 2.45) is 4.99 Å². The molecule has 0 aromatic heterocycles. The highest BCUT2D eigenvalue weighted by Crippen LogP contribution is 2.40. The van der Waals surface area contributed by atoms with Gasteiger partial charge < -0.3 is 19.9 Å². The molecule has 8 nitrogen and oxygen atoms in total. The van der Waals surface area contributed by atoms with E-state index in [4.69, 9.17) is 9.73 Å².